The molecule has 1 aromatic carbocycles. The lowest BCUT2D eigenvalue weighted by Crippen LogP contribution is -2.44. The number of carboxylic acid groups (broad SMARTS) is 1. The maximum absolute atomic E-state index is 11.8. The Morgan fingerprint density at radius 1 is 1.11 bits per heavy atom. The number of ether oxygens (including phenoxy) is 4. The van der Waals surface area contributed by atoms with Gasteiger partial charge in [0, 0.05) is 26.6 Å². The van der Waals surface area contributed by atoms with Crippen LogP contribution in [0.2, 0.25) is 0 Å². The number of hydrogen-bond donors (Lipinski definition) is 2. The Morgan fingerprint density at radius 3 is 2.30 bits per heavy atom. The average molecular weight is 524 g/mol. The fourth-order valence-electron chi connectivity index (χ4n) is 4.10. The summed E-state index contributed by atoms with van der Waals surface area (Å²) in [5.74, 6) is 0.342. The van der Waals surface area contributed by atoms with E-state index in [1.54, 1.807) is 14.2 Å². The Morgan fingerprint density at radius 2 is 1.78 bits per heavy atom. The van der Waals surface area contributed by atoms with Gasteiger partial charge in [-0.2, -0.15) is 4.99 Å². The maximum atomic E-state index is 11.8. The van der Waals surface area contributed by atoms with Gasteiger partial charge in [-0.25, -0.2) is 9.59 Å². The molecule has 0 spiro atoms. The first-order chi connectivity index (χ1) is 17.3. The Kier molecular flexibility index (Phi) is 13.3. The van der Waals surface area contributed by atoms with Gasteiger partial charge >= 0.3 is 5.97 Å². The van der Waals surface area contributed by atoms with Gasteiger partial charge in [-0.3, -0.25) is 0 Å². The number of isocyanates is 1. The van der Waals surface area contributed by atoms with Crippen LogP contribution in [0.4, 0.5) is 0 Å². The monoisotopic (exact) mass is 523 g/mol. The largest absolute Gasteiger partial charge is 0.493 e. The summed E-state index contributed by atoms with van der Waals surface area (Å²) in [6.45, 7) is 12.3. The van der Waals surface area contributed by atoms with E-state index in [9.17, 15) is 19.8 Å². The van der Waals surface area contributed by atoms with Gasteiger partial charge in [0.15, 0.2) is 17.0 Å². The van der Waals surface area contributed by atoms with Gasteiger partial charge in [0.25, 0.3) is 0 Å². The SMILES string of the molecule is COCCCOc1cc(C[C@@H](C[C@H](OC(C)(C)C)[C@@H](O)C[C@@](C)(N=C=O)C(=O)O)C(C)C)ccc1OC. The topological polar surface area (TPSA) is 124 Å². The zero-order valence-electron chi connectivity index (χ0n) is 23.6. The molecule has 1 rings (SSSR count). The van der Waals surface area contributed by atoms with Gasteiger partial charge in [0.05, 0.1) is 31.5 Å². The molecular weight excluding hydrogens is 478 g/mol. The number of nitrogens with zero attached hydrogens (tertiary/aromatic N) is 1. The molecule has 37 heavy (non-hydrogen) atoms. The molecule has 0 fully saturated rings. The number of aliphatic carboxylic acids is 1. The van der Waals surface area contributed by atoms with E-state index in [1.165, 1.54) is 13.0 Å². The number of rotatable bonds is 17. The van der Waals surface area contributed by atoms with Crippen LogP contribution in [0.1, 0.15) is 66.4 Å². The highest BCUT2D eigenvalue weighted by Crippen LogP contribution is 2.33. The van der Waals surface area contributed by atoms with Crippen LogP contribution < -0.4 is 9.47 Å². The van der Waals surface area contributed by atoms with Crippen LogP contribution in [-0.2, 0) is 25.5 Å². The van der Waals surface area contributed by atoms with Gasteiger partial charge in [-0.05, 0) is 70.1 Å². The van der Waals surface area contributed by atoms with Crippen molar-refractivity contribution in [2.75, 3.05) is 27.4 Å². The van der Waals surface area contributed by atoms with E-state index < -0.39 is 29.3 Å². The van der Waals surface area contributed by atoms with Crippen molar-refractivity contribution in [3.63, 3.8) is 0 Å². The van der Waals surface area contributed by atoms with Crippen molar-refractivity contribution in [3.05, 3.63) is 23.8 Å². The maximum Gasteiger partial charge on any atom is 0.332 e. The van der Waals surface area contributed by atoms with Crippen molar-refractivity contribution in [2.24, 2.45) is 16.8 Å². The Balaban J connectivity index is 3.17. The predicted octanol–water partition coefficient (Wildman–Crippen LogP) is 4.43. The van der Waals surface area contributed by atoms with E-state index in [0.29, 0.717) is 37.6 Å². The first kappa shape index (κ1) is 32.6. The van der Waals surface area contributed by atoms with Gasteiger partial charge in [0.2, 0.25) is 6.08 Å². The molecule has 4 atom stereocenters. The van der Waals surface area contributed by atoms with Crippen molar-refractivity contribution in [3.8, 4) is 11.5 Å². The van der Waals surface area contributed by atoms with Crippen LogP contribution >= 0.6 is 0 Å². The van der Waals surface area contributed by atoms with Crippen LogP contribution in [0.25, 0.3) is 0 Å². The van der Waals surface area contributed by atoms with E-state index in [4.69, 9.17) is 18.9 Å². The van der Waals surface area contributed by atoms with Crippen molar-refractivity contribution in [2.45, 2.75) is 90.6 Å². The fraction of sp³-hybridized carbons (Fsp3) is 0.714. The van der Waals surface area contributed by atoms with Crippen molar-refractivity contribution >= 4 is 12.0 Å². The summed E-state index contributed by atoms with van der Waals surface area (Å²) in [5.41, 5.74) is -1.32. The van der Waals surface area contributed by atoms with Crippen LogP contribution in [0.3, 0.4) is 0 Å². The highest BCUT2D eigenvalue weighted by Gasteiger charge is 2.40. The lowest BCUT2D eigenvalue weighted by atomic mass is 9.82. The van der Waals surface area contributed by atoms with Crippen LogP contribution in [0, 0.1) is 11.8 Å². The molecule has 0 unspecified atom stereocenters. The van der Waals surface area contributed by atoms with E-state index in [-0.39, 0.29) is 18.3 Å². The van der Waals surface area contributed by atoms with E-state index >= 15 is 0 Å². The lowest BCUT2D eigenvalue weighted by Gasteiger charge is -2.36. The van der Waals surface area contributed by atoms with E-state index in [0.717, 1.165) is 12.0 Å². The molecule has 0 saturated heterocycles. The number of aliphatic hydroxyl groups is 1. The molecule has 0 saturated carbocycles. The molecule has 0 aromatic heterocycles. The number of carbonyl (C=O) groups excluding carboxylic acids is 1. The Bertz CT molecular complexity index is 887. The summed E-state index contributed by atoms with van der Waals surface area (Å²) >= 11 is 0. The third kappa shape index (κ3) is 11.2. The molecular formula is C28H45NO8. The van der Waals surface area contributed by atoms with Gasteiger partial charge in [-0.1, -0.05) is 19.9 Å². The molecule has 1 aromatic rings. The minimum absolute atomic E-state index is 0.0994. The number of aliphatic hydroxyl groups excluding tert-OH is 1. The average Bonchev–Trinajstić information content (AvgIpc) is 2.80. The van der Waals surface area contributed by atoms with Gasteiger partial charge in [0.1, 0.15) is 0 Å². The molecule has 210 valence electrons. The summed E-state index contributed by atoms with van der Waals surface area (Å²) in [7, 11) is 3.25. The number of carbonyl (C=O) groups is 1. The number of hydrogen-bond acceptors (Lipinski definition) is 8. The molecule has 0 amide bonds. The first-order valence-electron chi connectivity index (χ1n) is 12.7. The number of aliphatic imine (C=N–C) groups is 1. The molecule has 9 heteroatoms. The zero-order chi connectivity index (χ0) is 28.2. The van der Waals surface area contributed by atoms with Crippen LogP contribution in [0.5, 0.6) is 11.5 Å². The molecule has 0 aliphatic heterocycles. The predicted molar refractivity (Wildman–Crippen MR) is 141 cm³/mol. The summed E-state index contributed by atoms with van der Waals surface area (Å²) in [4.78, 5) is 26.1. The molecule has 0 heterocycles. The Hall–Kier alpha value is -2.45. The number of carboxylic acids is 1. The van der Waals surface area contributed by atoms with Crippen LogP contribution in [-0.4, -0.2) is 73.0 Å². The molecule has 0 radical (unpaired) electrons. The normalized spacial score (nSPS) is 15.8. The number of methoxy groups -OCH3 is 2. The van der Waals surface area contributed by atoms with Crippen molar-refractivity contribution in [1.29, 1.82) is 0 Å². The number of benzene rings is 1. The third-order valence-corrected chi connectivity index (χ3v) is 6.25. The zero-order valence-corrected chi connectivity index (χ0v) is 23.6. The quantitative estimate of drug-likeness (QED) is 0.175. The van der Waals surface area contributed by atoms with Gasteiger partial charge in [-0.15, -0.1) is 0 Å². The smallest absolute Gasteiger partial charge is 0.332 e. The van der Waals surface area contributed by atoms with Gasteiger partial charge < -0.3 is 29.2 Å². The molecule has 0 aliphatic carbocycles. The van der Waals surface area contributed by atoms with Crippen LogP contribution in [0.15, 0.2) is 23.2 Å². The second-order valence-corrected chi connectivity index (χ2v) is 10.9. The van der Waals surface area contributed by atoms with Crippen molar-refractivity contribution in [1.82, 2.24) is 0 Å². The first-order valence-corrected chi connectivity index (χ1v) is 12.7. The minimum atomic E-state index is -1.79. The highest BCUT2D eigenvalue weighted by molar-refractivity contribution is 5.79. The summed E-state index contributed by atoms with van der Waals surface area (Å²) in [5, 5.41) is 20.7. The third-order valence-electron chi connectivity index (χ3n) is 6.25. The molecule has 2 N–H and O–H groups in total. The highest BCUT2D eigenvalue weighted by atomic mass is 16.5. The second-order valence-electron chi connectivity index (χ2n) is 10.9. The second kappa shape index (κ2) is 15.1. The fourth-order valence-corrected chi connectivity index (χ4v) is 4.10. The van der Waals surface area contributed by atoms with Crippen molar-refractivity contribution < 1.29 is 38.7 Å². The molecule has 0 aliphatic rings. The summed E-state index contributed by atoms with van der Waals surface area (Å²) < 4.78 is 22.7. The summed E-state index contributed by atoms with van der Waals surface area (Å²) in [6.07, 6.45) is 1.15. The molecule has 0 bridgehead atoms. The van der Waals surface area contributed by atoms with E-state index in [1.807, 2.05) is 39.0 Å². The minimum Gasteiger partial charge on any atom is -0.493 e. The Labute approximate surface area is 221 Å². The lowest BCUT2D eigenvalue weighted by molar-refractivity contribution is -0.148. The summed E-state index contributed by atoms with van der Waals surface area (Å²) in [6, 6.07) is 5.84. The standard InChI is InChI=1S/C28H45NO8/c1-19(2)21(14-20-10-11-23(35-8)25(15-20)36-13-9-12-34-7)16-24(37-27(3,4)5)22(31)17-28(6,26(32)33)29-18-30/h10-11,15,19,21-22,24,31H,9,12-14,16-17H2,1-8H3,(H,32,33)/t21-,22-,24-,28+/m0/s1. The van der Waals surface area contributed by atoms with E-state index in [2.05, 4.69) is 18.8 Å². The molecule has 9 nitrogen and oxygen atoms in total.